The van der Waals surface area contributed by atoms with Gasteiger partial charge in [-0.1, -0.05) is 0 Å². The molecule has 0 aliphatic rings. The van der Waals surface area contributed by atoms with Crippen LogP contribution in [-0.2, 0) is 0 Å². The van der Waals surface area contributed by atoms with Crippen molar-refractivity contribution in [3.05, 3.63) is 28.3 Å². The first-order valence-corrected chi connectivity index (χ1v) is 6.51. The van der Waals surface area contributed by atoms with Crippen LogP contribution < -0.4 is 4.74 Å². The molecule has 1 nitrogen and oxygen atoms in total. The van der Waals surface area contributed by atoms with E-state index >= 15 is 0 Å². The average molecular weight is 274 g/mol. The fourth-order valence-corrected chi connectivity index (χ4v) is 3.40. The Hall–Kier alpha value is -0.450. The Labute approximate surface area is 81.6 Å². The van der Waals surface area contributed by atoms with Crippen molar-refractivity contribution in [3.63, 3.8) is 0 Å². The van der Waals surface area contributed by atoms with Crippen LogP contribution in [0.1, 0.15) is 6.92 Å². The molecule has 1 aromatic carbocycles. The van der Waals surface area contributed by atoms with Gasteiger partial charge in [0.25, 0.3) is 0 Å². The van der Waals surface area contributed by atoms with Crippen LogP contribution in [0.3, 0.4) is 0 Å². The fraction of sp³-hybridized carbons (Fsp3) is 0.200. The molecule has 0 fully saturated rings. The van der Waals surface area contributed by atoms with E-state index in [1.165, 1.54) is 8.79 Å². The van der Waals surface area contributed by atoms with Crippen molar-refractivity contribution in [2.75, 3.05) is 6.61 Å². The zero-order valence-electron chi connectivity index (χ0n) is 6.91. The van der Waals surface area contributed by atoms with Gasteiger partial charge in [0.15, 0.2) is 0 Å². The van der Waals surface area contributed by atoms with Crippen molar-refractivity contribution in [1.29, 1.82) is 0 Å². The van der Waals surface area contributed by atoms with E-state index < -0.39 is 0 Å². The topological polar surface area (TPSA) is 9.23 Å². The van der Waals surface area contributed by atoms with Crippen LogP contribution in [0.4, 0.5) is 0 Å². The van der Waals surface area contributed by atoms with Crippen molar-refractivity contribution in [2.24, 2.45) is 0 Å². The van der Waals surface area contributed by atoms with Crippen molar-refractivity contribution in [3.8, 4) is 5.75 Å². The minimum atomic E-state index is -0.00115. The zero-order chi connectivity index (χ0) is 8.39. The summed E-state index contributed by atoms with van der Waals surface area (Å²) in [5, 5.41) is 1.36. The van der Waals surface area contributed by atoms with E-state index in [1.54, 1.807) is 0 Å². The summed E-state index contributed by atoms with van der Waals surface area (Å²) in [6.07, 6.45) is 0. The number of ether oxygens (including phenoxy) is 1. The van der Waals surface area contributed by atoms with Crippen LogP contribution in [0, 0.1) is 0 Å². The van der Waals surface area contributed by atoms with Gasteiger partial charge in [-0.2, -0.15) is 0 Å². The van der Waals surface area contributed by atoms with E-state index in [0.717, 1.165) is 12.4 Å². The zero-order valence-corrected chi connectivity index (χ0v) is 9.24. The molecule has 0 spiro atoms. The molecule has 0 aliphatic carbocycles. The van der Waals surface area contributed by atoms with Crippen LogP contribution in [0.2, 0.25) is 0 Å². The molecular weight excluding hydrogens is 264 g/mol. The molecule has 0 bridgehead atoms. The summed E-state index contributed by atoms with van der Waals surface area (Å²) >= 11 is -0.00115. The third-order valence-electron chi connectivity index (χ3n) is 1.73. The van der Waals surface area contributed by atoms with Crippen molar-refractivity contribution in [2.45, 2.75) is 6.92 Å². The molecule has 1 aromatic heterocycles. The molecule has 0 atom stereocenters. The number of benzene rings is 1. The molecule has 62 valence electrons. The van der Waals surface area contributed by atoms with Crippen LogP contribution in [0.15, 0.2) is 28.3 Å². The second kappa shape index (κ2) is 3.51. The summed E-state index contributed by atoms with van der Waals surface area (Å²) in [6.45, 7) is 2.76. The Balaban J connectivity index is 2.46. The third-order valence-corrected chi connectivity index (χ3v) is 4.30. The molecule has 12 heavy (non-hydrogen) atoms. The van der Waals surface area contributed by atoms with Crippen molar-refractivity contribution < 1.29 is 4.74 Å². The molecule has 0 unspecified atom stereocenters. The van der Waals surface area contributed by atoms with E-state index in [-0.39, 0.29) is 20.4 Å². The van der Waals surface area contributed by atoms with Crippen molar-refractivity contribution in [1.82, 2.24) is 0 Å². The second-order valence-corrected chi connectivity index (χ2v) is 5.26. The Kier molecular flexibility index (Phi) is 2.39. The summed E-state index contributed by atoms with van der Waals surface area (Å²) in [4.78, 5) is 0. The molecule has 2 aromatic rings. The number of hydrogen-bond donors (Lipinski definition) is 0. The molecule has 0 saturated heterocycles. The summed E-state index contributed by atoms with van der Waals surface area (Å²) in [7, 11) is 0. The predicted molar refractivity (Wildman–Crippen MR) is 52.1 cm³/mol. The van der Waals surface area contributed by atoms with Crippen LogP contribution >= 0.6 is 0 Å². The number of fused-ring (bicyclic) bond motifs is 1. The van der Waals surface area contributed by atoms with Gasteiger partial charge in [-0.15, -0.1) is 0 Å². The van der Waals surface area contributed by atoms with E-state index in [2.05, 4.69) is 28.3 Å². The van der Waals surface area contributed by atoms with Gasteiger partial charge in [0.2, 0.25) is 0 Å². The van der Waals surface area contributed by atoms with Gasteiger partial charge < -0.3 is 0 Å². The summed E-state index contributed by atoms with van der Waals surface area (Å²) in [5.41, 5.74) is 0. The molecule has 1 heterocycles. The van der Waals surface area contributed by atoms with E-state index in [9.17, 15) is 0 Å². The maximum atomic E-state index is 5.41. The molecule has 2 rings (SSSR count). The first-order chi connectivity index (χ1) is 5.90. The van der Waals surface area contributed by atoms with Crippen LogP contribution in [0.5, 0.6) is 5.75 Å². The van der Waals surface area contributed by atoms with Gasteiger partial charge in [-0.3, -0.25) is 0 Å². The van der Waals surface area contributed by atoms with Crippen LogP contribution in [-0.4, -0.2) is 27.0 Å². The Bertz CT molecular complexity index is 378. The number of rotatable bonds is 2. The molecule has 0 saturated carbocycles. The molecule has 0 radical (unpaired) electrons. The van der Waals surface area contributed by atoms with E-state index in [1.807, 2.05) is 6.92 Å². The quantitative estimate of drug-likeness (QED) is 0.763. The molecular formula is C10H10OTe. The predicted octanol–water partition coefficient (Wildman–Crippen LogP) is 2.30. The average Bonchev–Trinajstić information content (AvgIpc) is 2.51. The first-order valence-electron chi connectivity index (χ1n) is 4.00. The summed E-state index contributed by atoms with van der Waals surface area (Å²) in [6, 6.07) is 8.61. The summed E-state index contributed by atoms with van der Waals surface area (Å²) in [5.74, 6) is 0.996. The first kappa shape index (κ1) is 8.16. The Morgan fingerprint density at radius 3 is 3.08 bits per heavy atom. The van der Waals surface area contributed by atoms with Gasteiger partial charge in [-0.05, 0) is 0 Å². The van der Waals surface area contributed by atoms with Gasteiger partial charge in [0, 0.05) is 0 Å². The monoisotopic (exact) mass is 276 g/mol. The van der Waals surface area contributed by atoms with Gasteiger partial charge in [-0.25, -0.2) is 0 Å². The molecule has 0 amide bonds. The van der Waals surface area contributed by atoms with Crippen LogP contribution in [0.25, 0.3) is 8.79 Å². The Morgan fingerprint density at radius 2 is 2.25 bits per heavy atom. The molecule has 0 N–H and O–H groups in total. The molecule has 2 heteroatoms. The van der Waals surface area contributed by atoms with Gasteiger partial charge >= 0.3 is 81.6 Å². The molecule has 0 aliphatic heterocycles. The Morgan fingerprint density at radius 1 is 1.33 bits per heavy atom. The summed E-state index contributed by atoms with van der Waals surface area (Å²) < 4.78 is 9.25. The standard InChI is InChI=1S/C10H10OTe/c1-2-11-9-3-4-10-8(7-9)5-6-12-10/h3-7H,2H2,1H3. The second-order valence-electron chi connectivity index (χ2n) is 2.55. The number of hydrogen-bond acceptors (Lipinski definition) is 1. The van der Waals surface area contributed by atoms with E-state index in [4.69, 9.17) is 4.74 Å². The third kappa shape index (κ3) is 1.50. The fourth-order valence-electron chi connectivity index (χ4n) is 1.20. The van der Waals surface area contributed by atoms with Gasteiger partial charge in [0.05, 0.1) is 0 Å². The van der Waals surface area contributed by atoms with Crippen molar-refractivity contribution >= 4 is 29.2 Å². The maximum absolute atomic E-state index is 5.41. The van der Waals surface area contributed by atoms with E-state index in [0.29, 0.717) is 0 Å². The van der Waals surface area contributed by atoms with Gasteiger partial charge in [0.1, 0.15) is 0 Å². The SMILES string of the molecule is CCOc1ccc2[te]ccc2c1. The normalized spacial score (nSPS) is 10.4. The minimum absolute atomic E-state index is 0.00115.